The van der Waals surface area contributed by atoms with Crippen molar-refractivity contribution < 1.29 is 71.3 Å². The highest BCUT2D eigenvalue weighted by Crippen LogP contribution is 2.60. The van der Waals surface area contributed by atoms with E-state index >= 15 is 0 Å². The van der Waals surface area contributed by atoms with Crippen LogP contribution in [0, 0.1) is 0 Å². The van der Waals surface area contributed by atoms with Crippen LogP contribution in [0.5, 0.6) is 0 Å². The molecule has 0 rings (SSSR count). The second-order valence-corrected chi connectivity index (χ2v) is 5.97. The predicted molar refractivity (Wildman–Crippen MR) is 72.0 cm³/mol. The van der Waals surface area contributed by atoms with E-state index in [0.717, 1.165) is 14.0 Å². The molecule has 178 valence electrons. The van der Waals surface area contributed by atoms with Gasteiger partial charge in [0.05, 0.1) is 13.0 Å². The van der Waals surface area contributed by atoms with Gasteiger partial charge in [0, 0.05) is 12.7 Å². The Bertz CT molecular complexity index is 639. The van der Waals surface area contributed by atoms with Crippen molar-refractivity contribution in [2.75, 3.05) is 13.7 Å². The lowest BCUT2D eigenvalue weighted by molar-refractivity contribution is -0.440. The molecule has 0 spiro atoms. The Morgan fingerprint density at radius 2 is 1.20 bits per heavy atom. The number of hydrogen-bond donors (Lipinski definition) is 0. The number of ether oxygens (including phenoxy) is 2. The van der Waals surface area contributed by atoms with Gasteiger partial charge < -0.3 is 9.47 Å². The van der Waals surface area contributed by atoms with Crippen molar-refractivity contribution in [3.8, 4) is 0 Å². The lowest BCUT2D eigenvalue weighted by atomic mass is 9.91. The van der Waals surface area contributed by atoms with E-state index in [9.17, 15) is 61.9 Å². The lowest BCUT2D eigenvalue weighted by Gasteiger charge is -2.40. The van der Waals surface area contributed by atoms with Crippen LogP contribution in [0.15, 0.2) is 12.2 Å². The average Bonchev–Trinajstić information content (AvgIpc) is 2.52. The van der Waals surface area contributed by atoms with E-state index < -0.39 is 66.5 Å². The van der Waals surface area contributed by atoms with Crippen molar-refractivity contribution in [3.63, 3.8) is 0 Å². The molecule has 0 aromatic heterocycles. The largest absolute Gasteiger partial charge is 0.460 e. The van der Waals surface area contributed by atoms with Crippen molar-refractivity contribution in [2.45, 2.75) is 55.2 Å². The van der Waals surface area contributed by atoms with Gasteiger partial charge >= 0.3 is 41.8 Å². The van der Waals surface area contributed by atoms with E-state index in [1.807, 2.05) is 0 Å². The van der Waals surface area contributed by atoms with Crippen LogP contribution < -0.4 is 0 Å². The van der Waals surface area contributed by atoms with Crippen LogP contribution >= 0.6 is 0 Å². The van der Waals surface area contributed by atoms with Gasteiger partial charge in [-0.3, -0.25) is 0 Å². The zero-order valence-electron chi connectivity index (χ0n) is 14.8. The summed E-state index contributed by atoms with van der Waals surface area (Å²) in [6, 6.07) is 0. The van der Waals surface area contributed by atoms with E-state index in [4.69, 9.17) is 0 Å². The van der Waals surface area contributed by atoms with Crippen LogP contribution in [-0.4, -0.2) is 61.6 Å². The first-order valence-electron chi connectivity index (χ1n) is 7.32. The van der Waals surface area contributed by atoms with E-state index in [0.29, 0.717) is 0 Å². The fourth-order valence-electron chi connectivity index (χ4n) is 1.79. The summed E-state index contributed by atoms with van der Waals surface area (Å²) in [5.41, 5.74) is -0.507. The summed E-state index contributed by atoms with van der Waals surface area (Å²) in [6.45, 7) is 2.72. The molecule has 0 N–H and O–H groups in total. The molecule has 0 aliphatic heterocycles. The third-order valence-corrected chi connectivity index (χ3v) is 3.46. The van der Waals surface area contributed by atoms with E-state index in [-0.39, 0.29) is 0 Å². The van der Waals surface area contributed by atoms with Crippen LogP contribution in [0.3, 0.4) is 0 Å². The standard InChI is InChI=1S/C14H13F13O3/c1-6(2)8(28)30-7(5-29-3)4-9(15,16)10(17,18)11(19,20)12(21,22)13(23,24)14(25,26)27/h7H,1,4-5H2,2-3H3. The summed E-state index contributed by atoms with van der Waals surface area (Å²) < 4.78 is 178. The van der Waals surface area contributed by atoms with Crippen LogP contribution in [0.1, 0.15) is 13.3 Å². The van der Waals surface area contributed by atoms with Gasteiger partial charge in [-0.1, -0.05) is 6.58 Å². The maximum absolute atomic E-state index is 13.8. The van der Waals surface area contributed by atoms with Crippen LogP contribution in [0.2, 0.25) is 0 Å². The molecule has 0 saturated heterocycles. The minimum absolute atomic E-state index is 0.507. The van der Waals surface area contributed by atoms with Crippen LogP contribution in [0.25, 0.3) is 0 Å². The number of carbonyl (C=O) groups is 1. The van der Waals surface area contributed by atoms with Gasteiger partial charge in [-0.15, -0.1) is 0 Å². The minimum atomic E-state index is -7.99. The van der Waals surface area contributed by atoms with E-state index in [1.165, 1.54) is 0 Å². The molecule has 0 saturated carbocycles. The topological polar surface area (TPSA) is 35.5 Å². The molecule has 3 nitrogen and oxygen atoms in total. The van der Waals surface area contributed by atoms with Gasteiger partial charge in [-0.2, -0.15) is 57.1 Å². The Balaban J connectivity index is 6.15. The van der Waals surface area contributed by atoms with Gasteiger partial charge in [0.15, 0.2) is 0 Å². The normalized spacial score (nSPS) is 15.7. The van der Waals surface area contributed by atoms with Crippen molar-refractivity contribution in [1.29, 1.82) is 0 Å². The Hall–Kier alpha value is -1.74. The Morgan fingerprint density at radius 3 is 1.53 bits per heavy atom. The molecule has 1 atom stereocenters. The molecule has 0 amide bonds. The van der Waals surface area contributed by atoms with Crippen molar-refractivity contribution in [2.24, 2.45) is 0 Å². The molecule has 1 unspecified atom stereocenters. The highest BCUT2D eigenvalue weighted by atomic mass is 19.4. The number of carbonyl (C=O) groups excluding carboxylic acids is 1. The molecule has 0 radical (unpaired) electrons. The molecule has 0 aromatic carbocycles. The molecule has 0 aromatic rings. The summed E-state index contributed by atoms with van der Waals surface area (Å²) in [6.07, 6.45) is -12.7. The van der Waals surface area contributed by atoms with Gasteiger partial charge in [0.25, 0.3) is 0 Å². The number of halogens is 13. The highest BCUT2D eigenvalue weighted by Gasteiger charge is 2.90. The Labute approximate surface area is 159 Å². The van der Waals surface area contributed by atoms with Crippen molar-refractivity contribution in [3.05, 3.63) is 12.2 Å². The summed E-state index contributed by atoms with van der Waals surface area (Å²) in [5.74, 6) is -39.1. The summed E-state index contributed by atoms with van der Waals surface area (Å²) in [4.78, 5) is 11.3. The van der Waals surface area contributed by atoms with Crippen molar-refractivity contribution in [1.82, 2.24) is 0 Å². The minimum Gasteiger partial charge on any atom is -0.456 e. The Morgan fingerprint density at radius 1 is 0.800 bits per heavy atom. The number of methoxy groups -OCH3 is 1. The van der Waals surface area contributed by atoms with Crippen LogP contribution in [0.4, 0.5) is 57.1 Å². The number of alkyl halides is 13. The highest BCUT2D eigenvalue weighted by molar-refractivity contribution is 5.87. The maximum atomic E-state index is 13.8. The molecule has 0 aliphatic rings. The molecule has 0 fully saturated rings. The van der Waals surface area contributed by atoms with Gasteiger partial charge in [-0.05, 0) is 6.92 Å². The van der Waals surface area contributed by atoms with E-state index in [2.05, 4.69) is 16.1 Å². The molecule has 0 heterocycles. The summed E-state index contributed by atoms with van der Waals surface area (Å²) >= 11 is 0. The fraction of sp³-hybridized carbons (Fsp3) is 0.786. The smallest absolute Gasteiger partial charge is 0.456 e. The SMILES string of the molecule is C=C(C)C(=O)OC(COC)CC(F)(F)C(F)(F)C(F)(F)C(F)(F)C(F)(F)C(F)(F)F. The first-order valence-corrected chi connectivity index (χ1v) is 7.32. The predicted octanol–water partition coefficient (Wildman–Crippen LogP) is 5.25. The zero-order valence-corrected chi connectivity index (χ0v) is 14.8. The Kier molecular flexibility index (Phi) is 7.93. The zero-order chi connectivity index (χ0) is 24.6. The maximum Gasteiger partial charge on any atom is 0.460 e. The molecule has 30 heavy (non-hydrogen) atoms. The number of esters is 1. The molecule has 16 heteroatoms. The lowest BCUT2D eigenvalue weighted by Crippen LogP contribution is -2.70. The first-order chi connectivity index (χ1) is 13.0. The number of rotatable bonds is 10. The van der Waals surface area contributed by atoms with Crippen LogP contribution in [-0.2, 0) is 14.3 Å². The van der Waals surface area contributed by atoms with Gasteiger partial charge in [0.1, 0.15) is 6.10 Å². The molecule has 0 bridgehead atoms. The van der Waals surface area contributed by atoms with Crippen molar-refractivity contribution >= 4 is 5.97 Å². The van der Waals surface area contributed by atoms with E-state index in [1.54, 1.807) is 0 Å². The molecular formula is C14H13F13O3. The van der Waals surface area contributed by atoms with Gasteiger partial charge in [-0.25, -0.2) is 4.79 Å². The third kappa shape index (κ3) is 4.77. The fourth-order valence-corrected chi connectivity index (χ4v) is 1.79. The number of hydrogen-bond acceptors (Lipinski definition) is 3. The average molecular weight is 476 g/mol. The second kappa shape index (κ2) is 8.42. The third-order valence-electron chi connectivity index (χ3n) is 3.46. The summed E-state index contributed by atoms with van der Waals surface area (Å²) in [5, 5.41) is 0. The summed E-state index contributed by atoms with van der Waals surface area (Å²) in [7, 11) is 0.727. The molecule has 0 aliphatic carbocycles. The second-order valence-electron chi connectivity index (χ2n) is 5.97. The monoisotopic (exact) mass is 476 g/mol. The first kappa shape index (κ1) is 28.3. The van der Waals surface area contributed by atoms with Gasteiger partial charge in [0.2, 0.25) is 0 Å². The molecular weight excluding hydrogens is 463 g/mol. The quantitative estimate of drug-likeness (QED) is 0.246.